The maximum absolute atomic E-state index is 13.5. The number of halogens is 1. The predicted octanol–water partition coefficient (Wildman–Crippen LogP) is 2.86. The summed E-state index contributed by atoms with van der Waals surface area (Å²) in [6, 6.07) is 6.44. The molecule has 0 bridgehead atoms. The van der Waals surface area contributed by atoms with Gasteiger partial charge in [-0.3, -0.25) is 19.0 Å². The average molecular weight is 541 g/mol. The van der Waals surface area contributed by atoms with Crippen molar-refractivity contribution in [1.82, 2.24) is 19.6 Å². The van der Waals surface area contributed by atoms with Crippen LogP contribution in [0.5, 0.6) is 0 Å². The van der Waals surface area contributed by atoms with Crippen LogP contribution < -0.4 is 15.8 Å². The number of fused-ring (bicyclic) bond motifs is 2. The number of hydroxylamine groups is 2. The number of aromatic carboxylic acids is 1. The van der Waals surface area contributed by atoms with Gasteiger partial charge in [-0.25, -0.2) is 19.8 Å². The van der Waals surface area contributed by atoms with Crippen molar-refractivity contribution in [1.29, 1.82) is 0 Å². The lowest BCUT2D eigenvalue weighted by atomic mass is 10.0. The summed E-state index contributed by atoms with van der Waals surface area (Å²) >= 11 is 5.91. The maximum atomic E-state index is 13.5. The van der Waals surface area contributed by atoms with Crippen LogP contribution in [0.3, 0.4) is 0 Å². The van der Waals surface area contributed by atoms with Gasteiger partial charge < -0.3 is 15.3 Å². The molecule has 2 aromatic heterocycles. The summed E-state index contributed by atoms with van der Waals surface area (Å²) in [6.07, 6.45) is 0. The lowest BCUT2D eigenvalue weighted by Gasteiger charge is -2.25. The van der Waals surface area contributed by atoms with Crippen LogP contribution in [-0.2, 0) is 16.7 Å². The Morgan fingerprint density at radius 1 is 1.24 bits per heavy atom. The van der Waals surface area contributed by atoms with Crippen molar-refractivity contribution in [3.8, 4) is 0 Å². The number of nitrogens with one attached hydrogen (secondary N) is 1. The summed E-state index contributed by atoms with van der Waals surface area (Å²) in [6.45, 7) is 5.02. The van der Waals surface area contributed by atoms with Crippen molar-refractivity contribution < 1.29 is 19.5 Å². The fourth-order valence-electron chi connectivity index (χ4n) is 5.54. The third kappa shape index (κ3) is 4.35. The molecule has 1 aliphatic carbocycles. The highest BCUT2D eigenvalue weighted by Gasteiger charge is 2.60. The van der Waals surface area contributed by atoms with Crippen molar-refractivity contribution in [2.45, 2.75) is 19.9 Å². The van der Waals surface area contributed by atoms with Gasteiger partial charge in [0.25, 0.3) is 5.56 Å². The SMILES string of the molecule is CON(C)C(=O)C1[C@H]2CN(c3nc4c(C(C)Nc5ccc(Cl)nc5C(=O)O)cc(C)cc4c(=O)n3C)C[C@@H]12. The van der Waals surface area contributed by atoms with E-state index in [-0.39, 0.29) is 40.1 Å². The van der Waals surface area contributed by atoms with E-state index in [1.807, 2.05) is 26.0 Å². The summed E-state index contributed by atoms with van der Waals surface area (Å²) < 4.78 is 1.55. The van der Waals surface area contributed by atoms with Crippen molar-refractivity contribution in [3.05, 3.63) is 56.6 Å². The zero-order chi connectivity index (χ0) is 27.5. The van der Waals surface area contributed by atoms with Gasteiger partial charge in [0.1, 0.15) is 5.15 Å². The number of carbonyl (C=O) groups excluding carboxylic acids is 1. The van der Waals surface area contributed by atoms with Crippen LogP contribution in [-0.4, -0.2) is 63.8 Å². The highest BCUT2D eigenvalue weighted by Crippen LogP contribution is 2.53. The molecule has 2 N–H and O–H groups in total. The topological polar surface area (TPSA) is 130 Å². The van der Waals surface area contributed by atoms with Gasteiger partial charge in [0, 0.05) is 32.7 Å². The van der Waals surface area contributed by atoms with Crippen LogP contribution >= 0.6 is 11.6 Å². The van der Waals surface area contributed by atoms with Crippen molar-refractivity contribution in [3.63, 3.8) is 0 Å². The molecule has 1 amide bonds. The second kappa shape index (κ2) is 9.55. The number of hydrogen-bond acceptors (Lipinski definition) is 8. The summed E-state index contributed by atoms with van der Waals surface area (Å²) in [5, 5.41) is 14.6. The number of pyridine rings is 1. The number of amides is 1. The Labute approximate surface area is 223 Å². The highest BCUT2D eigenvalue weighted by molar-refractivity contribution is 6.29. The molecule has 0 spiro atoms. The van der Waals surface area contributed by atoms with Gasteiger partial charge in [0.2, 0.25) is 11.9 Å². The van der Waals surface area contributed by atoms with Crippen LogP contribution in [0.15, 0.2) is 29.1 Å². The number of hydrogen-bond donors (Lipinski definition) is 2. The number of rotatable bonds is 7. The molecule has 1 aromatic carbocycles. The fourth-order valence-corrected chi connectivity index (χ4v) is 5.68. The molecule has 11 nitrogen and oxygen atoms in total. The van der Waals surface area contributed by atoms with Crippen LogP contribution in [0, 0.1) is 24.7 Å². The molecule has 1 saturated carbocycles. The molecule has 12 heteroatoms. The highest BCUT2D eigenvalue weighted by atomic mass is 35.5. The third-order valence-electron chi connectivity index (χ3n) is 7.58. The summed E-state index contributed by atoms with van der Waals surface area (Å²) in [5.74, 6) is -0.385. The largest absolute Gasteiger partial charge is 0.476 e. The summed E-state index contributed by atoms with van der Waals surface area (Å²) in [5.41, 5.74) is 2.12. The second-order valence-corrected chi connectivity index (χ2v) is 10.4. The monoisotopic (exact) mass is 540 g/mol. The average Bonchev–Trinajstić information content (AvgIpc) is 3.38. The first-order chi connectivity index (χ1) is 18.0. The van der Waals surface area contributed by atoms with E-state index in [9.17, 15) is 19.5 Å². The van der Waals surface area contributed by atoms with Crippen molar-refractivity contribution in [2.75, 3.05) is 37.5 Å². The van der Waals surface area contributed by atoms with Gasteiger partial charge in [-0.1, -0.05) is 17.7 Å². The number of carboxylic acids is 1. The lowest BCUT2D eigenvalue weighted by Crippen LogP contribution is -2.35. The smallest absolute Gasteiger partial charge is 0.356 e. The molecule has 5 rings (SSSR count). The summed E-state index contributed by atoms with van der Waals surface area (Å²) in [7, 11) is 4.79. The molecule has 2 aliphatic rings. The minimum atomic E-state index is -1.20. The Balaban J connectivity index is 1.49. The van der Waals surface area contributed by atoms with Gasteiger partial charge in [0.05, 0.1) is 35.7 Å². The Bertz CT molecular complexity index is 1510. The first kappa shape index (κ1) is 25.9. The van der Waals surface area contributed by atoms with Crippen LogP contribution in [0.1, 0.15) is 34.6 Å². The number of nitrogens with zero attached hydrogens (tertiary/aromatic N) is 5. The fraction of sp³-hybridized carbons (Fsp3) is 0.423. The normalized spacial score (nSPS) is 20.8. The van der Waals surface area contributed by atoms with E-state index in [4.69, 9.17) is 21.4 Å². The second-order valence-electron chi connectivity index (χ2n) is 10.0. The molecule has 4 atom stereocenters. The van der Waals surface area contributed by atoms with Gasteiger partial charge in [-0.05, 0) is 49.4 Å². The van der Waals surface area contributed by atoms with E-state index in [1.54, 1.807) is 24.7 Å². The molecule has 2 unspecified atom stereocenters. The quantitative estimate of drug-likeness (QED) is 0.343. The zero-order valence-corrected chi connectivity index (χ0v) is 22.5. The molecule has 2 fully saturated rings. The molecule has 1 aliphatic heterocycles. The molecule has 0 radical (unpaired) electrons. The number of aryl methyl sites for hydroxylation is 1. The van der Waals surface area contributed by atoms with Crippen molar-refractivity contribution in [2.24, 2.45) is 24.8 Å². The molecule has 200 valence electrons. The zero-order valence-electron chi connectivity index (χ0n) is 21.7. The van der Waals surface area contributed by atoms with E-state index < -0.39 is 12.0 Å². The lowest BCUT2D eigenvalue weighted by molar-refractivity contribution is -0.171. The Morgan fingerprint density at radius 3 is 2.55 bits per heavy atom. The molecule has 3 heterocycles. The van der Waals surface area contributed by atoms with Crippen LogP contribution in [0.2, 0.25) is 5.15 Å². The van der Waals surface area contributed by atoms with Gasteiger partial charge in [0.15, 0.2) is 5.69 Å². The van der Waals surface area contributed by atoms with Gasteiger partial charge in [-0.15, -0.1) is 0 Å². The molecule has 3 aromatic rings. The number of anilines is 2. The Morgan fingerprint density at radius 2 is 1.92 bits per heavy atom. The van der Waals surface area contributed by atoms with E-state index in [2.05, 4.69) is 15.2 Å². The minimum absolute atomic E-state index is 0.0300. The molecular weight excluding hydrogens is 512 g/mol. The maximum Gasteiger partial charge on any atom is 0.356 e. The Hall–Kier alpha value is -3.70. The number of carboxylic acid groups (broad SMARTS) is 1. The predicted molar refractivity (Wildman–Crippen MR) is 142 cm³/mol. The van der Waals surface area contributed by atoms with E-state index in [0.717, 1.165) is 11.1 Å². The van der Waals surface area contributed by atoms with E-state index >= 15 is 0 Å². The number of aromatic nitrogens is 3. The molecule has 38 heavy (non-hydrogen) atoms. The van der Waals surface area contributed by atoms with Crippen molar-refractivity contribution >= 4 is 46.0 Å². The van der Waals surface area contributed by atoms with E-state index in [1.165, 1.54) is 18.2 Å². The summed E-state index contributed by atoms with van der Waals surface area (Å²) in [4.78, 5) is 53.7. The number of piperidine rings is 1. The first-order valence-corrected chi connectivity index (χ1v) is 12.6. The Kier molecular flexibility index (Phi) is 6.52. The van der Waals surface area contributed by atoms with Gasteiger partial charge in [-0.2, -0.15) is 0 Å². The molecular formula is C26H29ClN6O5. The number of benzene rings is 1. The minimum Gasteiger partial charge on any atom is -0.476 e. The van der Waals surface area contributed by atoms with Crippen LogP contribution in [0.4, 0.5) is 11.6 Å². The standard InChI is InChI=1S/C26H29ClN6O5/c1-12-8-14(13(2)28-18-6-7-19(27)29-22(18)25(36)37)21-15(9-12)23(34)31(3)26(30-21)33-10-16-17(11-33)20(16)24(35)32(4)38-5/h6-9,13,16-17,20,28H,10-11H2,1-5H3,(H,36,37)/t13?,16-,17+,20?. The number of carbonyl (C=O) groups is 2. The van der Waals surface area contributed by atoms with Gasteiger partial charge >= 0.3 is 5.97 Å². The molecule has 1 saturated heterocycles. The third-order valence-corrected chi connectivity index (χ3v) is 7.79. The van der Waals surface area contributed by atoms with E-state index in [0.29, 0.717) is 35.6 Å². The van der Waals surface area contributed by atoms with Crippen LogP contribution in [0.25, 0.3) is 10.9 Å². The first-order valence-electron chi connectivity index (χ1n) is 12.3.